The number of halogens is 1. The third-order valence-corrected chi connectivity index (χ3v) is 4.09. The molecule has 1 heterocycles. The van der Waals surface area contributed by atoms with E-state index in [1.165, 1.54) is 0 Å². The maximum Gasteiger partial charge on any atom is 0.323 e. The average Bonchev–Trinajstić information content (AvgIpc) is 2.57. The Bertz CT molecular complexity index is 746. The number of piperidine rings is 1. The van der Waals surface area contributed by atoms with Gasteiger partial charge in [-0.25, -0.2) is 4.79 Å². The number of nitrogens with zero attached hydrogens (tertiary/aromatic N) is 1. The predicted octanol–water partition coefficient (Wildman–Crippen LogP) is 4.50. The fraction of sp³-hybridized carbons (Fsp3) is 0.222. The highest BCUT2D eigenvalue weighted by molar-refractivity contribution is 6.30. The summed E-state index contributed by atoms with van der Waals surface area (Å²) in [5, 5.41) is 6.13. The molecule has 5 nitrogen and oxygen atoms in total. The van der Waals surface area contributed by atoms with Crippen LogP contribution in [0.4, 0.5) is 21.9 Å². The zero-order valence-corrected chi connectivity index (χ0v) is 13.8. The molecular formula is C18H18ClN3O2. The number of carbonyl (C=O) groups is 2. The first-order valence-corrected chi connectivity index (χ1v) is 8.23. The van der Waals surface area contributed by atoms with Crippen molar-refractivity contribution in [3.05, 3.63) is 53.6 Å². The van der Waals surface area contributed by atoms with Crippen molar-refractivity contribution < 1.29 is 9.59 Å². The topological polar surface area (TPSA) is 61.4 Å². The number of hydrogen-bond donors (Lipinski definition) is 2. The highest BCUT2D eigenvalue weighted by Gasteiger charge is 2.19. The van der Waals surface area contributed by atoms with Crippen LogP contribution in [-0.4, -0.2) is 18.5 Å². The summed E-state index contributed by atoms with van der Waals surface area (Å²) in [5.74, 6) is 0.129. The molecule has 0 spiro atoms. The van der Waals surface area contributed by atoms with E-state index in [4.69, 9.17) is 11.6 Å². The van der Waals surface area contributed by atoms with Gasteiger partial charge in [0, 0.05) is 35.1 Å². The van der Waals surface area contributed by atoms with Gasteiger partial charge in [-0.15, -0.1) is 0 Å². The first-order chi connectivity index (χ1) is 11.6. The van der Waals surface area contributed by atoms with Crippen LogP contribution in [0.2, 0.25) is 5.02 Å². The van der Waals surface area contributed by atoms with Crippen molar-refractivity contribution in [1.29, 1.82) is 0 Å². The number of nitrogens with one attached hydrogen (secondary N) is 2. The fourth-order valence-electron chi connectivity index (χ4n) is 2.66. The highest BCUT2D eigenvalue weighted by Crippen LogP contribution is 2.24. The number of carbonyl (C=O) groups excluding carboxylic acids is 2. The monoisotopic (exact) mass is 343 g/mol. The molecule has 0 atom stereocenters. The summed E-state index contributed by atoms with van der Waals surface area (Å²) < 4.78 is 0. The van der Waals surface area contributed by atoms with Crippen LogP contribution >= 0.6 is 11.6 Å². The lowest BCUT2D eigenvalue weighted by atomic mass is 10.1. The summed E-state index contributed by atoms with van der Waals surface area (Å²) in [7, 11) is 0. The number of amides is 3. The Labute approximate surface area is 145 Å². The molecule has 0 radical (unpaired) electrons. The Balaban J connectivity index is 1.66. The van der Waals surface area contributed by atoms with Crippen molar-refractivity contribution in [2.75, 3.05) is 22.1 Å². The molecule has 0 aromatic heterocycles. The van der Waals surface area contributed by atoms with Gasteiger partial charge in [-0.05, 0) is 55.3 Å². The van der Waals surface area contributed by atoms with E-state index in [0.717, 1.165) is 25.1 Å². The van der Waals surface area contributed by atoms with Gasteiger partial charge in [0.15, 0.2) is 0 Å². The number of urea groups is 1. The van der Waals surface area contributed by atoms with E-state index in [2.05, 4.69) is 10.6 Å². The average molecular weight is 344 g/mol. The van der Waals surface area contributed by atoms with E-state index in [0.29, 0.717) is 22.8 Å². The van der Waals surface area contributed by atoms with E-state index in [1.54, 1.807) is 35.2 Å². The molecule has 124 valence electrons. The van der Waals surface area contributed by atoms with Gasteiger partial charge < -0.3 is 15.5 Å². The normalized spacial score (nSPS) is 14.4. The lowest BCUT2D eigenvalue weighted by molar-refractivity contribution is -0.119. The summed E-state index contributed by atoms with van der Waals surface area (Å²) >= 11 is 5.82. The van der Waals surface area contributed by atoms with Gasteiger partial charge in [0.1, 0.15) is 0 Å². The van der Waals surface area contributed by atoms with Crippen molar-refractivity contribution in [3.63, 3.8) is 0 Å². The molecule has 1 fully saturated rings. The van der Waals surface area contributed by atoms with Crippen LogP contribution in [0.1, 0.15) is 19.3 Å². The molecule has 3 amide bonds. The SMILES string of the molecule is O=C(Nc1ccc(Cl)cc1)Nc1cccc(N2CCCCC2=O)c1. The van der Waals surface area contributed by atoms with E-state index < -0.39 is 0 Å². The van der Waals surface area contributed by atoms with E-state index in [9.17, 15) is 9.59 Å². The minimum Gasteiger partial charge on any atom is -0.312 e. The van der Waals surface area contributed by atoms with Crippen LogP contribution in [0.15, 0.2) is 48.5 Å². The van der Waals surface area contributed by atoms with Crippen molar-refractivity contribution in [3.8, 4) is 0 Å². The molecular weight excluding hydrogens is 326 g/mol. The van der Waals surface area contributed by atoms with Crippen LogP contribution in [0, 0.1) is 0 Å². The van der Waals surface area contributed by atoms with Crippen LogP contribution in [0.25, 0.3) is 0 Å². The van der Waals surface area contributed by atoms with E-state index >= 15 is 0 Å². The molecule has 24 heavy (non-hydrogen) atoms. The first kappa shape index (κ1) is 16.3. The third-order valence-electron chi connectivity index (χ3n) is 3.84. The summed E-state index contributed by atoms with van der Waals surface area (Å²) in [5.41, 5.74) is 2.10. The minimum atomic E-state index is -0.348. The second kappa shape index (κ2) is 7.36. The molecule has 0 unspecified atom stereocenters. The maximum absolute atomic E-state index is 12.1. The number of hydrogen-bond acceptors (Lipinski definition) is 2. The Kier molecular flexibility index (Phi) is 5.01. The molecule has 3 rings (SSSR count). The van der Waals surface area contributed by atoms with Gasteiger partial charge in [-0.2, -0.15) is 0 Å². The van der Waals surface area contributed by atoms with Crippen LogP contribution in [-0.2, 0) is 4.79 Å². The molecule has 2 N–H and O–H groups in total. The summed E-state index contributed by atoms with van der Waals surface area (Å²) in [6, 6.07) is 13.8. The van der Waals surface area contributed by atoms with Crippen molar-refractivity contribution in [1.82, 2.24) is 0 Å². The second-order valence-corrected chi connectivity index (χ2v) is 6.08. The maximum atomic E-state index is 12.1. The molecule has 0 saturated carbocycles. The lowest BCUT2D eigenvalue weighted by Gasteiger charge is -2.27. The van der Waals surface area contributed by atoms with Crippen LogP contribution in [0.3, 0.4) is 0 Å². The summed E-state index contributed by atoms with van der Waals surface area (Å²) in [6.45, 7) is 0.721. The predicted molar refractivity (Wildman–Crippen MR) is 96.7 cm³/mol. The van der Waals surface area contributed by atoms with Crippen LogP contribution < -0.4 is 15.5 Å². The smallest absolute Gasteiger partial charge is 0.312 e. The molecule has 2 aromatic carbocycles. The Morgan fingerprint density at radius 2 is 1.75 bits per heavy atom. The summed E-state index contributed by atoms with van der Waals surface area (Å²) in [4.78, 5) is 25.9. The molecule has 1 saturated heterocycles. The second-order valence-electron chi connectivity index (χ2n) is 5.64. The first-order valence-electron chi connectivity index (χ1n) is 7.86. The largest absolute Gasteiger partial charge is 0.323 e. The van der Waals surface area contributed by atoms with E-state index in [1.807, 2.05) is 18.2 Å². The van der Waals surface area contributed by atoms with Crippen molar-refractivity contribution >= 4 is 40.6 Å². The quantitative estimate of drug-likeness (QED) is 0.861. The van der Waals surface area contributed by atoms with Gasteiger partial charge in [-0.1, -0.05) is 17.7 Å². The third kappa shape index (κ3) is 4.06. The standard InChI is InChI=1S/C18H18ClN3O2/c19-13-7-9-14(10-8-13)20-18(24)21-15-4-3-5-16(12-15)22-11-2-1-6-17(22)23/h3-5,7-10,12H,1-2,6,11H2,(H2,20,21,24). The molecule has 2 aromatic rings. The zero-order chi connectivity index (χ0) is 16.9. The van der Waals surface area contributed by atoms with Gasteiger partial charge in [0.05, 0.1) is 0 Å². The minimum absolute atomic E-state index is 0.129. The number of benzene rings is 2. The van der Waals surface area contributed by atoms with Gasteiger partial charge >= 0.3 is 6.03 Å². The van der Waals surface area contributed by atoms with Gasteiger partial charge in [0.2, 0.25) is 5.91 Å². The zero-order valence-electron chi connectivity index (χ0n) is 13.1. The molecule has 6 heteroatoms. The van der Waals surface area contributed by atoms with Crippen molar-refractivity contribution in [2.45, 2.75) is 19.3 Å². The van der Waals surface area contributed by atoms with Crippen LogP contribution in [0.5, 0.6) is 0 Å². The Morgan fingerprint density at radius 3 is 2.50 bits per heavy atom. The molecule has 1 aliphatic heterocycles. The molecule has 1 aliphatic rings. The van der Waals surface area contributed by atoms with Gasteiger partial charge in [-0.3, -0.25) is 4.79 Å². The Hall–Kier alpha value is -2.53. The van der Waals surface area contributed by atoms with Gasteiger partial charge in [0.25, 0.3) is 0 Å². The summed E-state index contributed by atoms with van der Waals surface area (Å²) in [6.07, 6.45) is 2.52. The molecule has 0 bridgehead atoms. The lowest BCUT2D eigenvalue weighted by Crippen LogP contribution is -2.35. The van der Waals surface area contributed by atoms with Crippen molar-refractivity contribution in [2.24, 2.45) is 0 Å². The Morgan fingerprint density at radius 1 is 1.00 bits per heavy atom. The van der Waals surface area contributed by atoms with E-state index in [-0.39, 0.29) is 11.9 Å². The highest BCUT2D eigenvalue weighted by atomic mass is 35.5. The fourth-order valence-corrected chi connectivity index (χ4v) is 2.78. The molecule has 0 aliphatic carbocycles. The number of rotatable bonds is 3. The number of anilines is 3.